The first kappa shape index (κ1) is 45.6. The first-order valence-electron chi connectivity index (χ1n) is 0.717. The van der Waals surface area contributed by atoms with E-state index in [9.17, 15) is 0 Å². The van der Waals surface area contributed by atoms with Crippen LogP contribution in [0.5, 0.6) is 0 Å². The normalized spacial score (nSPS) is 12.5. The monoisotopic (exact) mass is 514 g/mol. The van der Waals surface area contributed by atoms with Gasteiger partial charge in [-0.05, 0) is 0 Å². The van der Waals surface area contributed by atoms with Crippen molar-refractivity contribution in [3.63, 3.8) is 0 Å². The summed E-state index contributed by atoms with van der Waals surface area (Å²) < 4.78 is 0. The minimum absolute atomic E-state index is 0. The van der Waals surface area contributed by atoms with E-state index >= 15 is 0 Å². The quantitative estimate of drug-likeness (QED) is 0.394. The Labute approximate surface area is 97.4 Å². The van der Waals surface area contributed by atoms with Crippen LogP contribution in [0.3, 0.4) is 0 Å². The molecule has 0 amide bonds. The Kier molecular flexibility index (Phi) is 29.3. The van der Waals surface area contributed by atoms with E-state index in [1.165, 1.54) is 0 Å². The van der Waals surface area contributed by atoms with Gasteiger partial charge < -0.3 is 32.9 Å². The van der Waals surface area contributed by atoms with Crippen LogP contribution in [-0.2, 0) is 7.31 Å². The SMILES string of the molecule is O.O.O.O.O.O.[Cl][Pt-]([Cl])([Cl])([Cl])([Cl])[Cl].[H+]. The van der Waals surface area contributed by atoms with Gasteiger partial charge in [0.2, 0.25) is 0 Å². The van der Waals surface area contributed by atoms with Gasteiger partial charge >= 0.3 is 65.2 Å². The van der Waals surface area contributed by atoms with Crippen molar-refractivity contribution in [3.05, 3.63) is 0 Å². The minimum Gasteiger partial charge on any atom is 1.00 e. The summed E-state index contributed by atoms with van der Waals surface area (Å²) in [5.74, 6) is 0. The average molecular weight is 517 g/mol. The molecule has 0 rings (SSSR count). The summed E-state index contributed by atoms with van der Waals surface area (Å²) in [7, 11) is 25.0. The van der Waals surface area contributed by atoms with Crippen molar-refractivity contribution in [2.24, 2.45) is 0 Å². The molecule has 6 nitrogen and oxygen atoms in total. The molecule has 13 heteroatoms. The maximum absolute atomic E-state index is 5.29. The van der Waals surface area contributed by atoms with Crippen molar-refractivity contribution < 1.29 is 41.6 Å². The molecule has 13 heavy (non-hydrogen) atoms. The fraction of sp³-hybridized carbons (Fsp3) is 0. The largest absolute Gasteiger partial charge is 1.00 e. The van der Waals surface area contributed by atoms with E-state index < -0.39 is 7.31 Å². The van der Waals surface area contributed by atoms with Crippen LogP contribution in [0.2, 0.25) is 0 Å². The molecule has 0 aromatic rings. The molecule has 0 atom stereocenters. The van der Waals surface area contributed by atoms with Gasteiger partial charge in [0.25, 0.3) is 0 Å². The summed E-state index contributed by atoms with van der Waals surface area (Å²) in [6.45, 7) is 0. The third-order valence-corrected chi connectivity index (χ3v) is 0. The second kappa shape index (κ2) is 8.35. The fourth-order valence-electron chi connectivity index (χ4n) is 0. The van der Waals surface area contributed by atoms with Gasteiger partial charge in [-0.2, -0.15) is 0 Å². The molecule has 0 saturated heterocycles. The Morgan fingerprint density at radius 2 is 0.462 bits per heavy atom. The molecular weight excluding hydrogens is 504 g/mol. The molecule has 0 fully saturated rings. The Morgan fingerprint density at radius 3 is 0.462 bits per heavy atom. The third-order valence-electron chi connectivity index (χ3n) is 0. The molecule has 0 heterocycles. The third kappa shape index (κ3) is 440. The molecule has 0 unspecified atom stereocenters. The fourth-order valence-corrected chi connectivity index (χ4v) is 0. The van der Waals surface area contributed by atoms with Crippen molar-refractivity contribution in [2.75, 3.05) is 0 Å². The topological polar surface area (TPSA) is 189 Å². The van der Waals surface area contributed by atoms with E-state index in [0.29, 0.717) is 0 Å². The molecule has 12 N–H and O–H groups in total. The molecule has 0 bridgehead atoms. The van der Waals surface area contributed by atoms with Crippen LogP contribution < -0.4 is 0 Å². The molecule has 0 aliphatic rings. The molecule has 0 aliphatic heterocycles. The van der Waals surface area contributed by atoms with Crippen LogP contribution >= 0.6 is 56.5 Å². The van der Waals surface area contributed by atoms with E-state index in [1.54, 1.807) is 0 Å². The molecule has 101 valence electrons. The summed E-state index contributed by atoms with van der Waals surface area (Å²) in [5, 5.41) is 0. The van der Waals surface area contributed by atoms with Crippen LogP contribution in [0.25, 0.3) is 0 Å². The van der Waals surface area contributed by atoms with Gasteiger partial charge in [-0.1, -0.05) is 0 Å². The zero-order valence-corrected chi connectivity index (χ0v) is 12.4. The smallest absolute Gasteiger partial charge is 1.00 e. The Balaban J connectivity index is -0.00000000857. The maximum Gasteiger partial charge on any atom is 1.00 e. The van der Waals surface area contributed by atoms with Crippen LogP contribution in [0, 0.1) is 0 Å². The first-order chi connectivity index (χ1) is 2.45. The molecular formula is H13Cl6O6Pt. The standard InChI is InChI=1S/6ClH.6H2O.Pt/h6*1H;6*1H2;/q;;;;;;;;;;;;+5/p-5. The predicted molar refractivity (Wildman–Crippen MR) is 57.9 cm³/mol. The van der Waals surface area contributed by atoms with Crippen molar-refractivity contribution >= 4 is 56.5 Å². The van der Waals surface area contributed by atoms with E-state index in [0.717, 1.165) is 0 Å². The number of halogens is 6. The number of hydrogen-bond donors (Lipinski definition) is 0. The van der Waals surface area contributed by atoms with Gasteiger partial charge in [-0.15, -0.1) is 0 Å². The summed E-state index contributed by atoms with van der Waals surface area (Å²) in [5.41, 5.74) is 0. The van der Waals surface area contributed by atoms with E-state index in [2.05, 4.69) is 0 Å². The second-order valence-electron chi connectivity index (χ2n) is 0.678. The van der Waals surface area contributed by atoms with Gasteiger partial charge in [-0.25, -0.2) is 0 Å². The molecule has 0 spiro atoms. The zero-order valence-electron chi connectivity index (χ0n) is 6.58. The van der Waals surface area contributed by atoms with Crippen molar-refractivity contribution in [1.29, 1.82) is 0 Å². The molecule has 0 aromatic carbocycles. The van der Waals surface area contributed by atoms with Crippen molar-refractivity contribution in [1.82, 2.24) is 0 Å². The molecule has 0 aromatic heterocycles. The van der Waals surface area contributed by atoms with Gasteiger partial charge in [0, 0.05) is 0 Å². The Morgan fingerprint density at radius 1 is 0.462 bits per heavy atom. The van der Waals surface area contributed by atoms with Crippen molar-refractivity contribution in [2.45, 2.75) is 0 Å². The van der Waals surface area contributed by atoms with Gasteiger partial charge in [0.15, 0.2) is 0 Å². The summed E-state index contributed by atoms with van der Waals surface area (Å²) >= 11 is 0. The van der Waals surface area contributed by atoms with E-state index in [1.807, 2.05) is 0 Å². The number of rotatable bonds is 0. The average Bonchev–Trinajstić information content (AvgIpc) is 0.592. The molecule has 0 radical (unpaired) electrons. The van der Waals surface area contributed by atoms with Crippen LogP contribution in [-0.4, -0.2) is 32.9 Å². The number of hydrogen-bond acceptors (Lipinski definition) is 0. The molecule has 0 saturated carbocycles. The first-order valence-corrected chi connectivity index (χ1v) is 17.6. The summed E-state index contributed by atoms with van der Waals surface area (Å²) in [6.07, 6.45) is 0. The van der Waals surface area contributed by atoms with Gasteiger partial charge in [-0.3, -0.25) is 0 Å². The zero-order chi connectivity index (χ0) is 6.41. The predicted octanol–water partition coefficient (Wildman–Crippen LogP) is -0.701. The van der Waals surface area contributed by atoms with Gasteiger partial charge in [0.1, 0.15) is 0 Å². The van der Waals surface area contributed by atoms with E-state index in [-0.39, 0.29) is 34.3 Å². The maximum atomic E-state index is 5.05. The van der Waals surface area contributed by atoms with Crippen LogP contribution in [0.1, 0.15) is 1.43 Å². The summed E-state index contributed by atoms with van der Waals surface area (Å²) in [4.78, 5) is 0. The van der Waals surface area contributed by atoms with E-state index in [4.69, 9.17) is 56.5 Å². The second-order valence-corrected chi connectivity index (χ2v) is 49.9. The van der Waals surface area contributed by atoms with Crippen LogP contribution in [0.15, 0.2) is 0 Å². The molecule has 0 aliphatic carbocycles. The Bertz CT molecular complexity index is 80.9. The minimum atomic E-state index is -5.29. The van der Waals surface area contributed by atoms with Crippen molar-refractivity contribution in [3.8, 4) is 0 Å². The summed E-state index contributed by atoms with van der Waals surface area (Å²) in [6, 6.07) is 0. The Hall–Kier alpha value is 2.19. The van der Waals surface area contributed by atoms with Gasteiger partial charge in [0.05, 0.1) is 0 Å². The van der Waals surface area contributed by atoms with Crippen LogP contribution in [0.4, 0.5) is 0 Å².